The van der Waals surface area contributed by atoms with E-state index in [1.165, 1.54) is 0 Å². The van der Waals surface area contributed by atoms with Crippen molar-refractivity contribution in [2.75, 3.05) is 18.9 Å². The minimum absolute atomic E-state index is 0.113. The predicted molar refractivity (Wildman–Crippen MR) is 53.8 cm³/mol. The van der Waals surface area contributed by atoms with E-state index in [2.05, 4.69) is 9.98 Å². The van der Waals surface area contributed by atoms with Crippen molar-refractivity contribution in [3.63, 3.8) is 0 Å². The second-order valence-electron chi connectivity index (χ2n) is 3.13. The molecule has 0 amide bonds. The van der Waals surface area contributed by atoms with Gasteiger partial charge in [-0.15, -0.1) is 0 Å². The van der Waals surface area contributed by atoms with Crippen molar-refractivity contribution in [1.82, 2.24) is 4.98 Å². The number of ether oxygens (including phenoxy) is 1. The maximum atomic E-state index is 5.72. The zero-order chi connectivity index (χ0) is 9.97. The number of pyridine rings is 1. The van der Waals surface area contributed by atoms with Gasteiger partial charge in [-0.05, 0) is 6.07 Å². The van der Waals surface area contributed by atoms with Gasteiger partial charge in [-0.2, -0.15) is 0 Å². The van der Waals surface area contributed by atoms with E-state index in [4.69, 9.17) is 16.2 Å². The van der Waals surface area contributed by atoms with Gasteiger partial charge in [0.15, 0.2) is 0 Å². The SMILES string of the molecule is NC1=N[C@@H](c2cccnc2N)COC1. The van der Waals surface area contributed by atoms with Gasteiger partial charge in [0.2, 0.25) is 0 Å². The van der Waals surface area contributed by atoms with Crippen molar-refractivity contribution in [2.45, 2.75) is 6.04 Å². The Morgan fingerprint density at radius 2 is 2.29 bits per heavy atom. The van der Waals surface area contributed by atoms with Crippen LogP contribution >= 0.6 is 0 Å². The molecular weight excluding hydrogens is 180 g/mol. The second-order valence-corrected chi connectivity index (χ2v) is 3.13. The Morgan fingerprint density at radius 1 is 1.43 bits per heavy atom. The quantitative estimate of drug-likeness (QED) is 0.660. The summed E-state index contributed by atoms with van der Waals surface area (Å²) < 4.78 is 5.26. The monoisotopic (exact) mass is 192 g/mol. The van der Waals surface area contributed by atoms with Crippen molar-refractivity contribution in [1.29, 1.82) is 0 Å². The standard InChI is InChI=1S/C9H12N4O/c10-8-5-14-4-7(13-8)6-2-1-3-12-9(6)11/h1-3,7H,4-5H2,(H2,10,13)(H2,11,12)/t7-/m1/s1. The maximum absolute atomic E-state index is 5.72. The number of anilines is 1. The smallest absolute Gasteiger partial charge is 0.128 e. The molecule has 1 aromatic heterocycles. The molecule has 0 unspecified atom stereocenters. The highest BCUT2D eigenvalue weighted by molar-refractivity contribution is 5.82. The van der Waals surface area contributed by atoms with Crippen LogP contribution in [0.2, 0.25) is 0 Å². The minimum Gasteiger partial charge on any atom is -0.386 e. The highest BCUT2D eigenvalue weighted by atomic mass is 16.5. The molecule has 0 radical (unpaired) electrons. The Kier molecular flexibility index (Phi) is 2.32. The third-order valence-electron chi connectivity index (χ3n) is 2.08. The normalized spacial score (nSPS) is 21.7. The van der Waals surface area contributed by atoms with E-state index in [-0.39, 0.29) is 6.04 Å². The maximum Gasteiger partial charge on any atom is 0.128 e. The topological polar surface area (TPSA) is 86.5 Å². The fourth-order valence-corrected chi connectivity index (χ4v) is 1.42. The summed E-state index contributed by atoms with van der Waals surface area (Å²) in [6.45, 7) is 0.910. The van der Waals surface area contributed by atoms with Crippen molar-refractivity contribution in [3.05, 3.63) is 23.9 Å². The summed E-state index contributed by atoms with van der Waals surface area (Å²) in [5, 5.41) is 0. The molecule has 1 atom stereocenters. The Bertz CT molecular complexity index is 364. The fraction of sp³-hybridized carbons (Fsp3) is 0.333. The molecule has 14 heavy (non-hydrogen) atoms. The van der Waals surface area contributed by atoms with Crippen molar-refractivity contribution < 1.29 is 4.74 Å². The first-order valence-electron chi connectivity index (χ1n) is 4.37. The van der Waals surface area contributed by atoms with Gasteiger partial charge in [0, 0.05) is 11.8 Å². The van der Waals surface area contributed by atoms with Gasteiger partial charge in [-0.25, -0.2) is 4.98 Å². The molecule has 1 aliphatic heterocycles. The number of hydrogen-bond acceptors (Lipinski definition) is 5. The summed E-state index contributed by atoms with van der Waals surface area (Å²) in [5.41, 5.74) is 12.2. The molecule has 0 aliphatic carbocycles. The van der Waals surface area contributed by atoms with Gasteiger partial charge in [0.25, 0.3) is 0 Å². The van der Waals surface area contributed by atoms with Crippen LogP contribution in [0.25, 0.3) is 0 Å². The molecule has 1 aliphatic rings. The highest BCUT2D eigenvalue weighted by Gasteiger charge is 2.18. The molecule has 0 aromatic carbocycles. The number of aromatic nitrogens is 1. The zero-order valence-electron chi connectivity index (χ0n) is 7.68. The van der Waals surface area contributed by atoms with Crippen molar-refractivity contribution >= 4 is 11.7 Å². The average molecular weight is 192 g/mol. The number of hydrogen-bond donors (Lipinski definition) is 2. The molecule has 0 spiro atoms. The second kappa shape index (κ2) is 3.63. The number of aliphatic imine (C=N–C) groups is 1. The molecule has 0 fully saturated rings. The first-order chi connectivity index (χ1) is 6.77. The molecule has 5 heteroatoms. The minimum atomic E-state index is -0.113. The number of nitrogen functional groups attached to an aromatic ring is 1. The highest BCUT2D eigenvalue weighted by Crippen LogP contribution is 2.23. The molecule has 1 aromatic rings. The van der Waals surface area contributed by atoms with Crippen molar-refractivity contribution in [3.8, 4) is 0 Å². The molecule has 0 bridgehead atoms. The Morgan fingerprint density at radius 3 is 3.00 bits per heavy atom. The summed E-state index contributed by atoms with van der Waals surface area (Å²) in [4.78, 5) is 8.25. The molecule has 2 rings (SSSR count). The Hall–Kier alpha value is -1.62. The lowest BCUT2D eigenvalue weighted by Crippen LogP contribution is -2.27. The van der Waals surface area contributed by atoms with Gasteiger partial charge in [-0.1, -0.05) is 6.07 Å². The summed E-state index contributed by atoms with van der Waals surface area (Å²) in [6, 6.07) is 3.60. The summed E-state index contributed by atoms with van der Waals surface area (Å²) in [7, 11) is 0. The molecule has 0 saturated heterocycles. The first kappa shape index (κ1) is 8.96. The van der Waals surface area contributed by atoms with E-state index < -0.39 is 0 Å². The molecule has 74 valence electrons. The molecule has 4 N–H and O–H groups in total. The Labute approximate surface area is 81.8 Å². The van der Waals surface area contributed by atoms with Crippen LogP contribution in [-0.4, -0.2) is 24.0 Å². The largest absolute Gasteiger partial charge is 0.386 e. The van der Waals surface area contributed by atoms with E-state index in [1.807, 2.05) is 12.1 Å². The molecule has 0 saturated carbocycles. The lowest BCUT2D eigenvalue weighted by atomic mass is 10.1. The van der Waals surface area contributed by atoms with Gasteiger partial charge in [0.1, 0.15) is 24.3 Å². The van der Waals surface area contributed by atoms with Crippen molar-refractivity contribution in [2.24, 2.45) is 10.7 Å². The van der Waals surface area contributed by atoms with Crippen LogP contribution in [0.4, 0.5) is 5.82 Å². The summed E-state index contributed by atoms with van der Waals surface area (Å²) in [5.74, 6) is 0.990. The zero-order valence-corrected chi connectivity index (χ0v) is 7.68. The van der Waals surface area contributed by atoms with Crippen LogP contribution in [0.15, 0.2) is 23.3 Å². The summed E-state index contributed by atoms with van der Waals surface area (Å²) >= 11 is 0. The number of rotatable bonds is 1. The first-order valence-corrected chi connectivity index (χ1v) is 4.37. The van der Waals surface area contributed by atoms with Gasteiger partial charge in [-0.3, -0.25) is 4.99 Å². The average Bonchev–Trinajstić information content (AvgIpc) is 2.18. The summed E-state index contributed by atoms with van der Waals surface area (Å²) in [6.07, 6.45) is 1.65. The predicted octanol–water partition coefficient (Wildman–Crippen LogP) is 0.0923. The van der Waals surface area contributed by atoms with Gasteiger partial charge < -0.3 is 16.2 Å². The van der Waals surface area contributed by atoms with Crippen LogP contribution in [0.3, 0.4) is 0 Å². The van der Waals surface area contributed by atoms with Gasteiger partial charge >= 0.3 is 0 Å². The van der Waals surface area contributed by atoms with Crippen LogP contribution in [0, 0.1) is 0 Å². The molecule has 2 heterocycles. The third-order valence-corrected chi connectivity index (χ3v) is 2.08. The van der Waals surface area contributed by atoms with E-state index >= 15 is 0 Å². The number of nitrogens with two attached hydrogens (primary N) is 2. The molecule has 5 nitrogen and oxygen atoms in total. The van der Waals surface area contributed by atoms with E-state index in [9.17, 15) is 0 Å². The van der Waals surface area contributed by atoms with Crippen LogP contribution in [0.5, 0.6) is 0 Å². The van der Waals surface area contributed by atoms with E-state index in [0.29, 0.717) is 24.9 Å². The van der Waals surface area contributed by atoms with Crippen LogP contribution < -0.4 is 11.5 Å². The van der Waals surface area contributed by atoms with Gasteiger partial charge in [0.05, 0.1) is 6.61 Å². The lowest BCUT2D eigenvalue weighted by molar-refractivity contribution is 0.143. The third kappa shape index (κ3) is 1.67. The number of nitrogens with zero attached hydrogens (tertiary/aromatic N) is 2. The fourth-order valence-electron chi connectivity index (χ4n) is 1.42. The van der Waals surface area contributed by atoms with E-state index in [1.54, 1.807) is 6.20 Å². The van der Waals surface area contributed by atoms with Crippen LogP contribution in [-0.2, 0) is 4.74 Å². The van der Waals surface area contributed by atoms with E-state index in [0.717, 1.165) is 5.56 Å². The lowest BCUT2D eigenvalue weighted by Gasteiger charge is -2.19. The number of amidine groups is 1. The van der Waals surface area contributed by atoms with Crippen LogP contribution in [0.1, 0.15) is 11.6 Å². The Balaban J connectivity index is 2.31. The molecular formula is C9H12N4O.